The molecule has 1 aromatic carbocycles. The number of hydrogen-bond donors (Lipinski definition) is 3. The molecule has 1 saturated heterocycles. The van der Waals surface area contributed by atoms with Crippen LogP contribution in [0.1, 0.15) is 71.8 Å². The number of benzene rings is 1. The van der Waals surface area contributed by atoms with Crippen LogP contribution in [0.25, 0.3) is 11.4 Å². The van der Waals surface area contributed by atoms with Crippen molar-refractivity contribution in [1.82, 2.24) is 35.7 Å². The molecule has 2 aromatic rings. The number of tetrazole rings is 1. The number of alkyl carbamates (subject to hydrolysis) is 1. The SMILES string of the molecule is CC(C)(C)OC(=O)N[C@@H]1CCCCC/C=C\[C@H]2C[C@]2(C(=O)O)NC(=O)[C@@H]2C[C@H](n3nnc(-c4cccc(Br)c4)n3)CN2C1=O. The van der Waals surface area contributed by atoms with Crippen molar-refractivity contribution in [2.45, 2.75) is 95.0 Å². The van der Waals surface area contributed by atoms with Crippen LogP contribution in [0, 0.1) is 5.92 Å². The monoisotopic (exact) mass is 671 g/mol. The van der Waals surface area contributed by atoms with E-state index in [1.54, 1.807) is 20.8 Å². The Hall–Kier alpha value is -3.81. The molecule has 3 amide bonds. The number of aromatic nitrogens is 4. The van der Waals surface area contributed by atoms with E-state index in [0.29, 0.717) is 18.7 Å². The second-order valence-electron chi connectivity index (χ2n) is 12.7. The first-order chi connectivity index (χ1) is 20.9. The van der Waals surface area contributed by atoms with Gasteiger partial charge in [-0.15, -0.1) is 10.2 Å². The summed E-state index contributed by atoms with van der Waals surface area (Å²) in [5, 5.41) is 28.5. The summed E-state index contributed by atoms with van der Waals surface area (Å²) in [4.78, 5) is 55.8. The van der Waals surface area contributed by atoms with Crippen molar-refractivity contribution in [2.75, 3.05) is 6.54 Å². The van der Waals surface area contributed by atoms with Crippen molar-refractivity contribution in [3.8, 4) is 11.4 Å². The molecule has 3 N–H and O–H groups in total. The van der Waals surface area contributed by atoms with E-state index >= 15 is 0 Å². The molecule has 1 saturated carbocycles. The lowest BCUT2D eigenvalue weighted by Crippen LogP contribution is -2.56. The summed E-state index contributed by atoms with van der Waals surface area (Å²) in [7, 11) is 0. The molecule has 1 aliphatic carbocycles. The van der Waals surface area contributed by atoms with Gasteiger partial charge in [-0.05, 0) is 63.8 Å². The summed E-state index contributed by atoms with van der Waals surface area (Å²) >= 11 is 3.44. The third kappa shape index (κ3) is 7.11. The number of hydrogen-bond acceptors (Lipinski definition) is 8. The number of carbonyl (C=O) groups is 4. The van der Waals surface area contributed by atoms with Crippen LogP contribution in [0.4, 0.5) is 4.79 Å². The minimum Gasteiger partial charge on any atom is -0.479 e. The molecular formula is C30H38BrN7O6. The van der Waals surface area contributed by atoms with Crippen molar-refractivity contribution >= 4 is 39.8 Å². The summed E-state index contributed by atoms with van der Waals surface area (Å²) < 4.78 is 6.29. The first-order valence-electron chi connectivity index (χ1n) is 14.9. The van der Waals surface area contributed by atoms with Gasteiger partial charge in [-0.25, -0.2) is 9.59 Å². The predicted molar refractivity (Wildman–Crippen MR) is 162 cm³/mol. The molecule has 5 atom stereocenters. The number of fused-ring (bicyclic) bond motifs is 2. The van der Waals surface area contributed by atoms with Crippen molar-refractivity contribution in [2.24, 2.45) is 5.92 Å². The van der Waals surface area contributed by atoms with Gasteiger partial charge in [-0.3, -0.25) is 9.59 Å². The van der Waals surface area contributed by atoms with Gasteiger partial charge in [0.1, 0.15) is 23.2 Å². The molecule has 1 aromatic heterocycles. The van der Waals surface area contributed by atoms with Crippen LogP contribution < -0.4 is 10.6 Å². The average molecular weight is 673 g/mol. The van der Waals surface area contributed by atoms with Gasteiger partial charge in [0.15, 0.2) is 0 Å². The fourth-order valence-electron chi connectivity index (χ4n) is 5.82. The Morgan fingerprint density at radius 1 is 1.20 bits per heavy atom. The molecule has 14 heteroatoms. The minimum atomic E-state index is -1.42. The van der Waals surface area contributed by atoms with Crippen LogP contribution in [0.3, 0.4) is 0 Å². The molecule has 5 rings (SSSR count). The third-order valence-electron chi connectivity index (χ3n) is 8.17. The fraction of sp³-hybridized carbons (Fsp3) is 0.567. The van der Waals surface area contributed by atoms with E-state index in [1.807, 2.05) is 36.4 Å². The smallest absolute Gasteiger partial charge is 0.408 e. The number of amides is 3. The molecule has 0 spiro atoms. The lowest BCUT2D eigenvalue weighted by molar-refractivity contribution is -0.145. The minimum absolute atomic E-state index is 0.0705. The van der Waals surface area contributed by atoms with Crippen LogP contribution in [-0.2, 0) is 19.1 Å². The average Bonchev–Trinajstić information content (AvgIpc) is 3.27. The maximum atomic E-state index is 14.1. The zero-order valence-electron chi connectivity index (χ0n) is 25.0. The Balaban J connectivity index is 1.44. The van der Waals surface area contributed by atoms with Gasteiger partial charge in [0.25, 0.3) is 0 Å². The molecule has 44 heavy (non-hydrogen) atoms. The highest BCUT2D eigenvalue weighted by molar-refractivity contribution is 9.10. The van der Waals surface area contributed by atoms with Gasteiger partial charge in [-0.2, -0.15) is 4.80 Å². The van der Waals surface area contributed by atoms with Gasteiger partial charge in [0.05, 0.1) is 6.04 Å². The Bertz CT molecular complexity index is 1460. The van der Waals surface area contributed by atoms with E-state index in [1.165, 1.54) is 9.70 Å². The number of aliphatic carboxylic acids is 1. The summed E-state index contributed by atoms with van der Waals surface area (Å²) in [6, 6.07) is 4.97. The number of carbonyl (C=O) groups excluding carboxylic acids is 3. The Morgan fingerprint density at radius 3 is 2.73 bits per heavy atom. The highest BCUT2D eigenvalue weighted by atomic mass is 79.9. The van der Waals surface area contributed by atoms with Gasteiger partial charge in [-0.1, -0.05) is 53.1 Å². The predicted octanol–water partition coefficient (Wildman–Crippen LogP) is 3.62. The van der Waals surface area contributed by atoms with Gasteiger partial charge in [0.2, 0.25) is 17.6 Å². The maximum Gasteiger partial charge on any atom is 0.408 e. The van der Waals surface area contributed by atoms with Crippen LogP contribution in [-0.4, -0.2) is 83.9 Å². The number of nitrogens with one attached hydrogen (secondary N) is 2. The standard InChI is InChI=1S/C30H38BrN7O6/c1-29(2,3)44-28(43)32-22-13-8-6-4-5-7-11-19-16-30(19,27(41)42)33-25(39)23-15-21(17-37(23)26(22)40)38-35-24(34-36-38)18-10-9-12-20(31)14-18/h7,9-12,14,19,21-23H,4-6,8,13,15-17H2,1-3H3,(H,32,43)(H,33,39)(H,41,42)/b11-7-/t19-,21-,22+,23-,30-/m0/s1. The molecule has 3 heterocycles. The van der Waals surface area contributed by atoms with Gasteiger partial charge < -0.3 is 25.4 Å². The molecule has 236 valence electrons. The van der Waals surface area contributed by atoms with Gasteiger partial charge >= 0.3 is 12.1 Å². The maximum absolute atomic E-state index is 14.1. The quantitative estimate of drug-likeness (QED) is 0.411. The van der Waals surface area contributed by atoms with Crippen molar-refractivity contribution in [3.05, 3.63) is 40.9 Å². The second kappa shape index (κ2) is 12.7. The fourth-order valence-corrected chi connectivity index (χ4v) is 6.22. The molecule has 13 nitrogen and oxygen atoms in total. The van der Waals surface area contributed by atoms with Crippen LogP contribution in [0.2, 0.25) is 0 Å². The molecule has 3 aliphatic rings. The summed E-state index contributed by atoms with van der Waals surface area (Å²) in [5.74, 6) is -2.08. The molecule has 0 bridgehead atoms. The van der Waals surface area contributed by atoms with Crippen molar-refractivity contribution < 1.29 is 29.0 Å². The van der Waals surface area contributed by atoms with E-state index in [0.717, 1.165) is 29.3 Å². The van der Waals surface area contributed by atoms with E-state index < -0.39 is 53.1 Å². The normalized spacial score (nSPS) is 28.5. The molecule has 2 aliphatic heterocycles. The van der Waals surface area contributed by atoms with Crippen molar-refractivity contribution in [3.63, 3.8) is 0 Å². The number of ether oxygens (including phenoxy) is 1. The number of allylic oxidation sites excluding steroid dienone is 1. The Kier molecular flexibility index (Phi) is 9.10. The van der Waals surface area contributed by atoms with Crippen molar-refractivity contribution in [1.29, 1.82) is 0 Å². The third-order valence-corrected chi connectivity index (χ3v) is 8.66. The molecule has 0 radical (unpaired) electrons. The van der Waals surface area contributed by atoms with E-state index in [9.17, 15) is 24.3 Å². The largest absolute Gasteiger partial charge is 0.479 e. The Labute approximate surface area is 263 Å². The zero-order valence-corrected chi connectivity index (χ0v) is 26.6. The Morgan fingerprint density at radius 2 is 2.00 bits per heavy atom. The zero-order chi connectivity index (χ0) is 31.6. The van der Waals surface area contributed by atoms with E-state index in [4.69, 9.17) is 4.74 Å². The van der Waals surface area contributed by atoms with Crippen LogP contribution in [0.15, 0.2) is 40.9 Å². The topological polar surface area (TPSA) is 169 Å². The highest BCUT2D eigenvalue weighted by Crippen LogP contribution is 2.45. The highest BCUT2D eigenvalue weighted by Gasteiger charge is 2.61. The first kappa shape index (κ1) is 31.6. The van der Waals surface area contributed by atoms with E-state index in [2.05, 4.69) is 42.0 Å². The lowest BCUT2D eigenvalue weighted by atomic mass is 10.0. The second-order valence-corrected chi connectivity index (χ2v) is 13.6. The summed E-state index contributed by atoms with van der Waals surface area (Å²) in [6.45, 7) is 5.28. The van der Waals surface area contributed by atoms with Crippen LogP contribution in [0.5, 0.6) is 0 Å². The van der Waals surface area contributed by atoms with Crippen LogP contribution >= 0.6 is 15.9 Å². The summed E-state index contributed by atoms with van der Waals surface area (Å²) in [6.07, 6.45) is 6.94. The first-order valence-corrected chi connectivity index (χ1v) is 15.7. The van der Waals surface area contributed by atoms with E-state index in [-0.39, 0.29) is 25.3 Å². The number of nitrogens with zero attached hydrogens (tertiary/aromatic N) is 5. The van der Waals surface area contributed by atoms with Gasteiger partial charge in [0, 0.05) is 28.9 Å². The number of carboxylic acid groups (broad SMARTS) is 1. The number of halogens is 1. The summed E-state index contributed by atoms with van der Waals surface area (Å²) in [5.41, 5.74) is -1.45. The molecule has 2 fully saturated rings. The molecule has 0 unspecified atom stereocenters. The number of rotatable bonds is 4. The lowest BCUT2D eigenvalue weighted by Gasteiger charge is -2.30. The number of carboxylic acids is 1. The molecular weight excluding hydrogens is 634 g/mol.